The molecule has 0 bridgehead atoms. The fraction of sp³-hybridized carbons (Fsp3) is 0.533. The van der Waals surface area contributed by atoms with Crippen LogP contribution in [-0.2, 0) is 0 Å². The molecule has 1 aromatic carbocycles. The second kappa shape index (κ2) is 6.70. The van der Waals surface area contributed by atoms with Crippen molar-refractivity contribution in [2.24, 2.45) is 16.6 Å². The van der Waals surface area contributed by atoms with Gasteiger partial charge in [-0.05, 0) is 36.5 Å². The van der Waals surface area contributed by atoms with Crippen molar-refractivity contribution in [2.75, 3.05) is 19.6 Å². The summed E-state index contributed by atoms with van der Waals surface area (Å²) in [6.45, 7) is 4.28. The largest absolute Gasteiger partial charge is 0.386 e. The molecule has 1 saturated heterocycles. The van der Waals surface area contributed by atoms with Crippen LogP contribution in [0.5, 0.6) is 0 Å². The van der Waals surface area contributed by atoms with Crippen LogP contribution >= 0.6 is 0 Å². The summed E-state index contributed by atoms with van der Waals surface area (Å²) < 4.78 is 12.8. The highest BCUT2D eigenvalue weighted by atomic mass is 19.1. The number of piperidine rings is 1. The maximum atomic E-state index is 12.8. The highest BCUT2D eigenvalue weighted by Crippen LogP contribution is 2.16. The van der Waals surface area contributed by atoms with E-state index in [1.54, 1.807) is 12.1 Å². The predicted octanol–water partition coefficient (Wildman–Crippen LogP) is 1.91. The van der Waals surface area contributed by atoms with E-state index in [0.717, 1.165) is 31.8 Å². The minimum atomic E-state index is -0.752. The van der Waals surface area contributed by atoms with Gasteiger partial charge >= 0.3 is 0 Å². The fourth-order valence-corrected chi connectivity index (χ4v) is 2.31. The number of nitrogens with two attached hydrogens (primary N) is 1. The molecule has 0 saturated carbocycles. The lowest BCUT2D eigenvalue weighted by molar-refractivity contribution is 0.186. The molecule has 1 atom stereocenters. The van der Waals surface area contributed by atoms with E-state index in [1.165, 1.54) is 12.1 Å². The van der Waals surface area contributed by atoms with Crippen LogP contribution in [-0.4, -0.2) is 35.6 Å². The molecule has 2 rings (SSSR count). The quantitative estimate of drug-likeness (QED) is 0.656. The van der Waals surface area contributed by atoms with Gasteiger partial charge in [0.15, 0.2) is 5.96 Å². The van der Waals surface area contributed by atoms with Crippen LogP contribution in [0.3, 0.4) is 0 Å². The van der Waals surface area contributed by atoms with Crippen molar-refractivity contribution < 1.29 is 9.50 Å². The maximum Gasteiger partial charge on any atom is 0.191 e. The highest BCUT2D eigenvalue weighted by Gasteiger charge is 2.17. The lowest BCUT2D eigenvalue weighted by Gasteiger charge is -2.31. The van der Waals surface area contributed by atoms with Gasteiger partial charge in [-0.15, -0.1) is 0 Å². The molecule has 1 aromatic rings. The summed E-state index contributed by atoms with van der Waals surface area (Å²) >= 11 is 0. The highest BCUT2D eigenvalue weighted by molar-refractivity contribution is 5.78. The number of benzene rings is 1. The van der Waals surface area contributed by atoms with E-state index in [9.17, 15) is 9.50 Å². The molecular weight excluding hydrogens is 257 g/mol. The van der Waals surface area contributed by atoms with Gasteiger partial charge in [-0.1, -0.05) is 19.1 Å². The van der Waals surface area contributed by atoms with Crippen molar-refractivity contribution in [3.63, 3.8) is 0 Å². The molecular formula is C15H22FN3O. The Labute approximate surface area is 119 Å². The summed E-state index contributed by atoms with van der Waals surface area (Å²) in [6, 6.07) is 5.79. The molecule has 1 heterocycles. The summed E-state index contributed by atoms with van der Waals surface area (Å²) in [5.74, 6) is 0.910. The average Bonchev–Trinajstić information content (AvgIpc) is 2.46. The second-order valence-electron chi connectivity index (χ2n) is 5.44. The molecule has 110 valence electrons. The van der Waals surface area contributed by atoms with Crippen LogP contribution in [0, 0.1) is 11.7 Å². The zero-order valence-corrected chi connectivity index (χ0v) is 11.8. The Morgan fingerprint density at radius 1 is 1.40 bits per heavy atom. The molecule has 5 heteroatoms. The second-order valence-corrected chi connectivity index (χ2v) is 5.44. The van der Waals surface area contributed by atoms with Gasteiger partial charge < -0.3 is 15.7 Å². The van der Waals surface area contributed by atoms with Crippen molar-refractivity contribution >= 4 is 5.96 Å². The van der Waals surface area contributed by atoms with Gasteiger partial charge in [0, 0.05) is 13.1 Å². The molecule has 3 N–H and O–H groups in total. The summed E-state index contributed by atoms with van der Waals surface area (Å²) in [5, 5.41) is 10.00. The minimum absolute atomic E-state index is 0.198. The zero-order chi connectivity index (χ0) is 14.5. The van der Waals surface area contributed by atoms with Crippen molar-refractivity contribution in [1.29, 1.82) is 0 Å². The Hall–Kier alpha value is -1.62. The Kier molecular flexibility index (Phi) is 4.95. The number of halogens is 1. The van der Waals surface area contributed by atoms with Gasteiger partial charge in [0.25, 0.3) is 0 Å². The van der Waals surface area contributed by atoms with Crippen LogP contribution in [0.2, 0.25) is 0 Å². The predicted molar refractivity (Wildman–Crippen MR) is 77.8 cm³/mol. The van der Waals surface area contributed by atoms with E-state index in [4.69, 9.17) is 5.73 Å². The van der Waals surface area contributed by atoms with Crippen LogP contribution in [0.4, 0.5) is 4.39 Å². The standard InChI is InChI=1S/C15H22FN3O/c1-11-6-8-19(9-7-11)15(17)18-10-14(20)12-2-4-13(16)5-3-12/h2-5,11,14,20H,6-10H2,1H3,(H2,17,18). The Morgan fingerprint density at radius 3 is 2.60 bits per heavy atom. The first-order valence-corrected chi connectivity index (χ1v) is 7.04. The molecule has 0 spiro atoms. The number of aliphatic imine (C=N–C) groups is 1. The number of rotatable bonds is 3. The van der Waals surface area contributed by atoms with Crippen molar-refractivity contribution in [1.82, 2.24) is 4.90 Å². The first-order chi connectivity index (χ1) is 9.56. The molecule has 0 amide bonds. The van der Waals surface area contributed by atoms with Crippen LogP contribution in [0.1, 0.15) is 31.4 Å². The van der Waals surface area contributed by atoms with Gasteiger partial charge in [-0.2, -0.15) is 0 Å². The van der Waals surface area contributed by atoms with Crippen LogP contribution in [0.15, 0.2) is 29.3 Å². The number of nitrogens with zero attached hydrogens (tertiary/aromatic N) is 2. The van der Waals surface area contributed by atoms with Crippen molar-refractivity contribution in [3.05, 3.63) is 35.6 Å². The summed E-state index contributed by atoms with van der Waals surface area (Å²) in [7, 11) is 0. The summed E-state index contributed by atoms with van der Waals surface area (Å²) in [4.78, 5) is 6.30. The number of guanidine groups is 1. The number of aliphatic hydroxyl groups is 1. The van der Waals surface area contributed by atoms with E-state index in [1.807, 2.05) is 0 Å². The number of aliphatic hydroxyl groups excluding tert-OH is 1. The lowest BCUT2D eigenvalue weighted by atomic mass is 10.00. The van der Waals surface area contributed by atoms with Gasteiger partial charge in [0.2, 0.25) is 0 Å². The third-order valence-electron chi connectivity index (χ3n) is 3.79. The smallest absolute Gasteiger partial charge is 0.191 e. The third-order valence-corrected chi connectivity index (χ3v) is 3.79. The fourth-order valence-electron chi connectivity index (χ4n) is 2.31. The Bertz CT molecular complexity index is 453. The van der Waals surface area contributed by atoms with E-state index in [-0.39, 0.29) is 12.4 Å². The van der Waals surface area contributed by atoms with Crippen LogP contribution in [0.25, 0.3) is 0 Å². The molecule has 4 nitrogen and oxygen atoms in total. The summed E-state index contributed by atoms with van der Waals surface area (Å²) in [6.07, 6.45) is 1.49. The molecule has 0 aliphatic carbocycles. The summed E-state index contributed by atoms with van der Waals surface area (Å²) in [5.41, 5.74) is 6.60. The number of hydrogen-bond donors (Lipinski definition) is 2. The van der Waals surface area contributed by atoms with Crippen molar-refractivity contribution in [3.8, 4) is 0 Å². The van der Waals surface area contributed by atoms with Crippen LogP contribution < -0.4 is 5.73 Å². The minimum Gasteiger partial charge on any atom is -0.386 e. The van der Waals surface area contributed by atoms with Gasteiger partial charge in [0.1, 0.15) is 5.82 Å². The lowest BCUT2D eigenvalue weighted by Crippen LogP contribution is -2.42. The van der Waals surface area contributed by atoms with Crippen molar-refractivity contribution in [2.45, 2.75) is 25.9 Å². The van der Waals surface area contributed by atoms with Gasteiger partial charge in [-0.3, -0.25) is 4.99 Å². The molecule has 1 unspecified atom stereocenters. The van der Waals surface area contributed by atoms with Gasteiger partial charge in [-0.25, -0.2) is 4.39 Å². The van der Waals surface area contributed by atoms with Gasteiger partial charge in [0.05, 0.1) is 12.6 Å². The molecule has 20 heavy (non-hydrogen) atoms. The average molecular weight is 279 g/mol. The molecule has 1 fully saturated rings. The SMILES string of the molecule is CC1CCN(C(N)=NCC(O)c2ccc(F)cc2)CC1. The van der Waals surface area contributed by atoms with E-state index >= 15 is 0 Å². The normalized spacial score (nSPS) is 19.1. The Balaban J connectivity index is 1.89. The van der Waals surface area contributed by atoms with E-state index in [2.05, 4.69) is 16.8 Å². The third kappa shape index (κ3) is 3.93. The Morgan fingerprint density at radius 2 is 2.00 bits per heavy atom. The number of hydrogen-bond acceptors (Lipinski definition) is 2. The topological polar surface area (TPSA) is 61.8 Å². The number of likely N-dealkylation sites (tertiary alicyclic amines) is 1. The molecule has 1 aliphatic heterocycles. The first kappa shape index (κ1) is 14.8. The molecule has 1 aliphatic rings. The maximum absolute atomic E-state index is 12.8. The molecule has 0 aromatic heterocycles. The van der Waals surface area contributed by atoms with E-state index < -0.39 is 6.10 Å². The monoisotopic (exact) mass is 279 g/mol. The first-order valence-electron chi connectivity index (χ1n) is 7.04. The zero-order valence-electron chi connectivity index (χ0n) is 11.8. The molecule has 0 radical (unpaired) electrons. The van der Waals surface area contributed by atoms with E-state index in [0.29, 0.717) is 11.5 Å².